The number of benzene rings is 2. The maximum atomic E-state index is 14.1. The summed E-state index contributed by atoms with van der Waals surface area (Å²) < 4.78 is 21.4. The smallest absolute Gasteiger partial charge is 0.321 e. The van der Waals surface area contributed by atoms with Gasteiger partial charge in [0.05, 0.1) is 12.8 Å². The van der Waals surface area contributed by atoms with Crippen LogP contribution in [-0.2, 0) is 15.9 Å². The summed E-state index contributed by atoms with van der Waals surface area (Å²) in [5, 5.41) is 18.9. The Morgan fingerprint density at radius 2 is 1.72 bits per heavy atom. The van der Waals surface area contributed by atoms with Gasteiger partial charge in [0, 0.05) is 6.54 Å². The van der Waals surface area contributed by atoms with Gasteiger partial charge in [-0.2, -0.15) is 0 Å². The van der Waals surface area contributed by atoms with Crippen molar-refractivity contribution in [3.63, 3.8) is 0 Å². The number of aliphatic carboxylic acids is 1. The van der Waals surface area contributed by atoms with Crippen molar-refractivity contribution in [1.82, 2.24) is 4.67 Å². The third kappa shape index (κ3) is 6.86. The third-order valence-corrected chi connectivity index (χ3v) is 7.12. The van der Waals surface area contributed by atoms with Crippen LogP contribution in [0.2, 0.25) is 0 Å². The van der Waals surface area contributed by atoms with E-state index in [1.165, 1.54) is 11.6 Å². The van der Waals surface area contributed by atoms with E-state index in [1.54, 1.807) is 37.3 Å². The van der Waals surface area contributed by atoms with Crippen LogP contribution in [0.15, 0.2) is 72.3 Å². The summed E-state index contributed by atoms with van der Waals surface area (Å²) in [5.74, 6) is -0.644. The monoisotopic (exact) mass is 417 g/mol. The Labute approximate surface area is 172 Å². The molecule has 0 spiro atoms. The minimum Gasteiger partial charge on any atom is -0.480 e. The molecule has 156 valence electrons. The summed E-state index contributed by atoms with van der Waals surface area (Å²) in [7, 11) is -3.57. The van der Waals surface area contributed by atoms with Gasteiger partial charge in [-0.15, -0.1) is 0 Å². The highest BCUT2D eigenvalue weighted by molar-refractivity contribution is 7.56. The van der Waals surface area contributed by atoms with Crippen LogP contribution >= 0.6 is 7.52 Å². The molecule has 0 aliphatic heterocycles. The van der Waals surface area contributed by atoms with E-state index in [9.17, 15) is 19.6 Å². The molecule has 2 aromatic rings. The normalized spacial score (nSPS) is 15.0. The molecule has 0 aliphatic carbocycles. The SMILES string of the molecule is C/C(=C\CCP(=O)(Oc1ccccc1)N(Cc1ccccc1)[C@@H](C)C(=O)O)CO. The number of hydrogen-bond acceptors (Lipinski definition) is 4. The molecule has 0 radical (unpaired) electrons. The number of carboxylic acids is 1. The molecule has 0 fully saturated rings. The summed E-state index contributed by atoms with van der Waals surface area (Å²) in [5.41, 5.74) is 1.61. The second kappa shape index (κ2) is 11.0. The highest BCUT2D eigenvalue weighted by atomic mass is 31.2. The Bertz CT molecular complexity index is 854. The van der Waals surface area contributed by atoms with Crippen LogP contribution in [-0.4, -0.2) is 39.7 Å². The molecule has 0 saturated heterocycles. The van der Waals surface area contributed by atoms with Gasteiger partial charge in [-0.1, -0.05) is 60.2 Å². The molecule has 0 aromatic heterocycles. The second-order valence-electron chi connectivity index (χ2n) is 6.86. The number of carbonyl (C=O) groups is 1. The van der Waals surface area contributed by atoms with Crippen LogP contribution < -0.4 is 4.52 Å². The first-order chi connectivity index (χ1) is 13.9. The Morgan fingerprint density at radius 1 is 1.14 bits per heavy atom. The van der Waals surface area contributed by atoms with Crippen LogP contribution in [0.1, 0.15) is 25.8 Å². The molecule has 2 atom stereocenters. The van der Waals surface area contributed by atoms with Crippen molar-refractivity contribution in [1.29, 1.82) is 0 Å². The first kappa shape index (κ1) is 22.9. The van der Waals surface area contributed by atoms with E-state index in [-0.39, 0.29) is 19.3 Å². The zero-order valence-electron chi connectivity index (χ0n) is 16.8. The highest BCUT2D eigenvalue weighted by Gasteiger charge is 2.39. The Kier molecular flexibility index (Phi) is 8.65. The lowest BCUT2D eigenvalue weighted by Crippen LogP contribution is -2.38. The van der Waals surface area contributed by atoms with E-state index in [1.807, 2.05) is 36.4 Å². The van der Waals surface area contributed by atoms with Crippen LogP contribution in [0.3, 0.4) is 0 Å². The molecular formula is C22H28NO5P. The molecule has 0 amide bonds. The van der Waals surface area contributed by atoms with E-state index in [2.05, 4.69) is 0 Å². The van der Waals surface area contributed by atoms with Gasteiger partial charge in [0.15, 0.2) is 0 Å². The fourth-order valence-electron chi connectivity index (χ4n) is 2.82. The lowest BCUT2D eigenvalue weighted by atomic mass is 10.2. The average molecular weight is 417 g/mol. The summed E-state index contributed by atoms with van der Waals surface area (Å²) in [6, 6.07) is 17.1. The number of carboxylic acid groups (broad SMARTS) is 1. The molecule has 29 heavy (non-hydrogen) atoms. The van der Waals surface area contributed by atoms with E-state index in [0.717, 1.165) is 11.1 Å². The first-order valence-corrected chi connectivity index (χ1v) is 11.3. The van der Waals surface area contributed by atoms with Crippen molar-refractivity contribution in [2.45, 2.75) is 32.9 Å². The molecule has 0 heterocycles. The number of allylic oxidation sites excluding steroid dienone is 1. The topological polar surface area (TPSA) is 87.1 Å². The molecule has 2 aromatic carbocycles. The van der Waals surface area contributed by atoms with Gasteiger partial charge in [0.25, 0.3) is 0 Å². The van der Waals surface area contributed by atoms with E-state index in [0.29, 0.717) is 12.2 Å². The van der Waals surface area contributed by atoms with Crippen LogP contribution in [0.25, 0.3) is 0 Å². The van der Waals surface area contributed by atoms with Crippen LogP contribution in [0, 0.1) is 0 Å². The molecule has 0 bridgehead atoms. The molecule has 7 heteroatoms. The number of rotatable bonds is 11. The molecule has 0 aliphatic rings. The highest BCUT2D eigenvalue weighted by Crippen LogP contribution is 2.53. The van der Waals surface area contributed by atoms with Gasteiger partial charge >= 0.3 is 13.5 Å². The van der Waals surface area contributed by atoms with Crippen molar-refractivity contribution < 1.29 is 24.1 Å². The van der Waals surface area contributed by atoms with Gasteiger partial charge < -0.3 is 14.7 Å². The maximum absolute atomic E-state index is 14.1. The fraction of sp³-hybridized carbons (Fsp3) is 0.318. The Hall–Kier alpha value is -2.40. The van der Waals surface area contributed by atoms with Gasteiger partial charge in [0.1, 0.15) is 11.8 Å². The van der Waals surface area contributed by atoms with E-state index in [4.69, 9.17) is 4.52 Å². The first-order valence-electron chi connectivity index (χ1n) is 9.50. The zero-order valence-corrected chi connectivity index (χ0v) is 17.7. The number of para-hydroxylation sites is 1. The predicted octanol–water partition coefficient (Wildman–Crippen LogP) is 4.56. The number of nitrogens with zero attached hydrogens (tertiary/aromatic N) is 1. The predicted molar refractivity (Wildman–Crippen MR) is 114 cm³/mol. The van der Waals surface area contributed by atoms with Crippen LogP contribution in [0.5, 0.6) is 5.75 Å². The molecule has 1 unspecified atom stereocenters. The standard InChI is InChI=1S/C22H28NO5P/c1-18(17-24)10-9-15-29(27,28-21-13-7-4-8-14-21)23(19(2)22(25)26)16-20-11-5-3-6-12-20/h3-8,10-14,19,24H,9,15-17H2,1-2H3,(H,25,26)/b18-10+/t19-,29?/m0/s1. The second-order valence-corrected chi connectivity index (χ2v) is 9.28. The van der Waals surface area contributed by atoms with Gasteiger partial charge in [-0.3, -0.25) is 9.36 Å². The molecule has 0 saturated carbocycles. The number of aliphatic hydroxyl groups excluding tert-OH is 1. The largest absolute Gasteiger partial charge is 0.480 e. The molecule has 2 rings (SSSR count). The lowest BCUT2D eigenvalue weighted by molar-refractivity contribution is -0.141. The maximum Gasteiger partial charge on any atom is 0.321 e. The van der Waals surface area contributed by atoms with Crippen molar-refractivity contribution >= 4 is 13.5 Å². The lowest BCUT2D eigenvalue weighted by Gasteiger charge is -2.34. The van der Waals surface area contributed by atoms with Gasteiger partial charge in [-0.25, -0.2) is 4.67 Å². The molecular weight excluding hydrogens is 389 g/mol. The molecule has 2 N–H and O–H groups in total. The van der Waals surface area contributed by atoms with Crippen LogP contribution in [0.4, 0.5) is 0 Å². The number of hydrogen-bond donors (Lipinski definition) is 2. The van der Waals surface area contributed by atoms with Crippen molar-refractivity contribution in [3.8, 4) is 5.75 Å². The third-order valence-electron chi connectivity index (χ3n) is 4.53. The van der Waals surface area contributed by atoms with Crippen molar-refractivity contribution in [2.24, 2.45) is 0 Å². The van der Waals surface area contributed by atoms with Gasteiger partial charge in [0.2, 0.25) is 0 Å². The summed E-state index contributed by atoms with van der Waals surface area (Å²) in [4.78, 5) is 11.8. The average Bonchev–Trinajstić information content (AvgIpc) is 2.72. The fourth-order valence-corrected chi connectivity index (χ4v) is 5.18. The van der Waals surface area contributed by atoms with Crippen molar-refractivity contribution in [2.75, 3.05) is 12.8 Å². The summed E-state index contributed by atoms with van der Waals surface area (Å²) in [6.07, 6.45) is 2.32. The summed E-state index contributed by atoms with van der Waals surface area (Å²) >= 11 is 0. The molecule has 6 nitrogen and oxygen atoms in total. The minimum absolute atomic E-state index is 0.0803. The van der Waals surface area contributed by atoms with E-state index < -0.39 is 19.5 Å². The van der Waals surface area contributed by atoms with Crippen molar-refractivity contribution in [3.05, 3.63) is 77.9 Å². The Balaban J connectivity index is 2.40. The summed E-state index contributed by atoms with van der Waals surface area (Å²) in [6.45, 7) is 3.40. The van der Waals surface area contributed by atoms with E-state index >= 15 is 0 Å². The Morgan fingerprint density at radius 3 is 2.28 bits per heavy atom. The van der Waals surface area contributed by atoms with Gasteiger partial charge in [-0.05, 0) is 38.0 Å². The quantitative estimate of drug-likeness (QED) is 0.412. The zero-order chi connectivity index (χ0) is 21.3. The minimum atomic E-state index is -3.57. The number of aliphatic hydroxyl groups is 1.